The standard InChI is InChI=1S/C16H22N2/c1-10-9-13(11(2)17)12-7-6-8-14(15(12)18-10)16(3,4)5/h6-9,11H,17H2,1-5H3. The van der Waals surface area contributed by atoms with Crippen molar-refractivity contribution in [3.05, 3.63) is 41.1 Å². The van der Waals surface area contributed by atoms with Crippen molar-refractivity contribution in [3.63, 3.8) is 0 Å². The van der Waals surface area contributed by atoms with Crippen LogP contribution < -0.4 is 5.73 Å². The van der Waals surface area contributed by atoms with Crippen LogP contribution in [0.3, 0.4) is 0 Å². The normalized spacial score (nSPS) is 13.9. The lowest BCUT2D eigenvalue weighted by molar-refractivity contribution is 0.594. The second kappa shape index (κ2) is 4.36. The first-order chi connectivity index (χ1) is 8.30. The molecule has 0 aliphatic carbocycles. The van der Waals surface area contributed by atoms with Gasteiger partial charge in [-0.15, -0.1) is 0 Å². The number of aryl methyl sites for hydroxylation is 1. The van der Waals surface area contributed by atoms with Crippen LogP contribution in [0.4, 0.5) is 0 Å². The molecule has 1 heterocycles. The first-order valence-electron chi connectivity index (χ1n) is 6.47. The zero-order chi connectivity index (χ0) is 13.5. The summed E-state index contributed by atoms with van der Waals surface area (Å²) in [6.07, 6.45) is 0. The van der Waals surface area contributed by atoms with E-state index in [2.05, 4.69) is 45.0 Å². The lowest BCUT2D eigenvalue weighted by Crippen LogP contribution is -2.14. The molecule has 1 atom stereocenters. The van der Waals surface area contributed by atoms with Gasteiger partial charge in [0.05, 0.1) is 5.52 Å². The van der Waals surface area contributed by atoms with E-state index in [0.29, 0.717) is 0 Å². The maximum absolute atomic E-state index is 6.08. The van der Waals surface area contributed by atoms with Gasteiger partial charge in [0.2, 0.25) is 0 Å². The molecule has 0 bridgehead atoms. The number of aromatic nitrogens is 1. The number of fused-ring (bicyclic) bond motifs is 1. The third-order valence-electron chi connectivity index (χ3n) is 3.30. The lowest BCUT2D eigenvalue weighted by Gasteiger charge is -2.22. The Morgan fingerprint density at radius 2 is 1.89 bits per heavy atom. The Bertz CT molecular complexity index is 577. The summed E-state index contributed by atoms with van der Waals surface area (Å²) in [4.78, 5) is 4.73. The van der Waals surface area contributed by atoms with Crippen LogP contribution in [0.5, 0.6) is 0 Å². The molecule has 1 aromatic carbocycles. The van der Waals surface area contributed by atoms with Gasteiger partial charge in [-0.2, -0.15) is 0 Å². The molecule has 2 nitrogen and oxygen atoms in total. The molecule has 0 fully saturated rings. The minimum Gasteiger partial charge on any atom is -0.324 e. The number of pyridine rings is 1. The van der Waals surface area contributed by atoms with E-state index in [0.717, 1.165) is 11.2 Å². The molecule has 0 amide bonds. The van der Waals surface area contributed by atoms with Crippen LogP contribution in [0.25, 0.3) is 10.9 Å². The minimum absolute atomic E-state index is 0.0319. The molecular formula is C16H22N2. The van der Waals surface area contributed by atoms with E-state index >= 15 is 0 Å². The predicted octanol–water partition coefficient (Wildman–Crippen LogP) is 3.86. The minimum atomic E-state index is 0.0319. The molecule has 96 valence electrons. The van der Waals surface area contributed by atoms with Crippen LogP contribution in [0.1, 0.15) is 50.6 Å². The van der Waals surface area contributed by atoms with Gasteiger partial charge in [0.1, 0.15) is 0 Å². The fourth-order valence-electron chi connectivity index (χ4n) is 2.39. The summed E-state index contributed by atoms with van der Waals surface area (Å²) in [5.74, 6) is 0. The van der Waals surface area contributed by atoms with E-state index in [4.69, 9.17) is 10.7 Å². The van der Waals surface area contributed by atoms with Gasteiger partial charge in [0.15, 0.2) is 0 Å². The largest absolute Gasteiger partial charge is 0.324 e. The molecule has 2 heteroatoms. The quantitative estimate of drug-likeness (QED) is 0.824. The zero-order valence-electron chi connectivity index (χ0n) is 11.9. The van der Waals surface area contributed by atoms with Gasteiger partial charge < -0.3 is 5.73 Å². The van der Waals surface area contributed by atoms with E-state index < -0.39 is 0 Å². The summed E-state index contributed by atoms with van der Waals surface area (Å²) in [7, 11) is 0. The SMILES string of the molecule is Cc1cc(C(C)N)c2cccc(C(C)(C)C)c2n1. The molecule has 0 aliphatic rings. The molecule has 0 spiro atoms. The monoisotopic (exact) mass is 242 g/mol. The average molecular weight is 242 g/mol. The summed E-state index contributed by atoms with van der Waals surface area (Å²) in [5, 5.41) is 1.18. The van der Waals surface area contributed by atoms with Crippen LogP contribution in [-0.2, 0) is 5.41 Å². The molecule has 0 saturated carbocycles. The van der Waals surface area contributed by atoms with Crippen molar-refractivity contribution < 1.29 is 0 Å². The highest BCUT2D eigenvalue weighted by molar-refractivity contribution is 5.86. The van der Waals surface area contributed by atoms with Gasteiger partial charge in [-0.05, 0) is 36.5 Å². The molecule has 18 heavy (non-hydrogen) atoms. The number of hydrogen-bond donors (Lipinski definition) is 1. The number of benzene rings is 1. The number of para-hydroxylation sites is 1. The van der Waals surface area contributed by atoms with Crippen LogP contribution in [-0.4, -0.2) is 4.98 Å². The summed E-state index contributed by atoms with van der Waals surface area (Å²) in [5.41, 5.74) is 10.8. The molecule has 2 N–H and O–H groups in total. The Kier molecular flexibility index (Phi) is 3.16. The Hall–Kier alpha value is -1.41. The third kappa shape index (κ3) is 2.25. The molecular weight excluding hydrogens is 220 g/mol. The average Bonchev–Trinajstić information content (AvgIpc) is 2.25. The topological polar surface area (TPSA) is 38.9 Å². The number of rotatable bonds is 1. The van der Waals surface area contributed by atoms with Gasteiger partial charge >= 0.3 is 0 Å². The van der Waals surface area contributed by atoms with Gasteiger partial charge in [0.25, 0.3) is 0 Å². The molecule has 1 unspecified atom stereocenters. The number of nitrogens with zero attached hydrogens (tertiary/aromatic N) is 1. The Morgan fingerprint density at radius 3 is 2.44 bits per heavy atom. The fraction of sp³-hybridized carbons (Fsp3) is 0.438. The number of hydrogen-bond acceptors (Lipinski definition) is 2. The van der Waals surface area contributed by atoms with Crippen molar-refractivity contribution in [1.82, 2.24) is 4.98 Å². The van der Waals surface area contributed by atoms with Gasteiger partial charge in [-0.1, -0.05) is 39.0 Å². The first kappa shape index (κ1) is 13.0. The van der Waals surface area contributed by atoms with Crippen LogP contribution >= 0.6 is 0 Å². The molecule has 0 radical (unpaired) electrons. The Labute approximate surface area is 109 Å². The van der Waals surface area contributed by atoms with Crippen molar-refractivity contribution in [2.75, 3.05) is 0 Å². The highest BCUT2D eigenvalue weighted by Crippen LogP contribution is 2.31. The first-order valence-corrected chi connectivity index (χ1v) is 6.47. The van der Waals surface area contributed by atoms with Crippen molar-refractivity contribution in [2.45, 2.75) is 46.1 Å². The third-order valence-corrected chi connectivity index (χ3v) is 3.30. The van der Waals surface area contributed by atoms with Crippen molar-refractivity contribution in [3.8, 4) is 0 Å². The van der Waals surface area contributed by atoms with Crippen molar-refractivity contribution in [2.24, 2.45) is 5.73 Å². The van der Waals surface area contributed by atoms with E-state index in [1.54, 1.807) is 0 Å². The van der Waals surface area contributed by atoms with Gasteiger partial charge in [-0.3, -0.25) is 4.98 Å². The molecule has 0 aliphatic heterocycles. The highest BCUT2D eigenvalue weighted by Gasteiger charge is 2.19. The van der Waals surface area contributed by atoms with Crippen LogP contribution in [0.2, 0.25) is 0 Å². The summed E-state index contributed by atoms with van der Waals surface area (Å²) >= 11 is 0. The van der Waals surface area contributed by atoms with E-state index in [-0.39, 0.29) is 11.5 Å². The van der Waals surface area contributed by atoms with Gasteiger partial charge in [-0.25, -0.2) is 0 Å². The predicted molar refractivity (Wildman–Crippen MR) is 77.8 cm³/mol. The summed E-state index contributed by atoms with van der Waals surface area (Å²) in [6.45, 7) is 10.7. The summed E-state index contributed by atoms with van der Waals surface area (Å²) in [6, 6.07) is 8.52. The van der Waals surface area contributed by atoms with E-state index in [1.165, 1.54) is 16.5 Å². The second-order valence-electron chi connectivity index (χ2n) is 6.09. The smallest absolute Gasteiger partial charge is 0.0745 e. The maximum atomic E-state index is 6.08. The Morgan fingerprint density at radius 1 is 1.22 bits per heavy atom. The maximum Gasteiger partial charge on any atom is 0.0745 e. The second-order valence-corrected chi connectivity index (χ2v) is 6.09. The van der Waals surface area contributed by atoms with Crippen LogP contribution in [0.15, 0.2) is 24.3 Å². The fourth-order valence-corrected chi connectivity index (χ4v) is 2.39. The van der Waals surface area contributed by atoms with E-state index in [9.17, 15) is 0 Å². The van der Waals surface area contributed by atoms with Crippen LogP contribution in [0, 0.1) is 6.92 Å². The van der Waals surface area contributed by atoms with Crippen molar-refractivity contribution in [1.29, 1.82) is 0 Å². The zero-order valence-corrected chi connectivity index (χ0v) is 11.9. The lowest BCUT2D eigenvalue weighted by atomic mass is 9.84. The Balaban J connectivity index is 2.86. The molecule has 0 saturated heterocycles. The number of nitrogens with two attached hydrogens (primary N) is 1. The van der Waals surface area contributed by atoms with Gasteiger partial charge in [0, 0.05) is 17.1 Å². The molecule has 1 aromatic heterocycles. The summed E-state index contributed by atoms with van der Waals surface area (Å²) < 4.78 is 0. The molecule has 2 rings (SSSR count). The molecule has 2 aromatic rings. The van der Waals surface area contributed by atoms with Crippen molar-refractivity contribution >= 4 is 10.9 Å². The highest BCUT2D eigenvalue weighted by atomic mass is 14.7. The van der Waals surface area contributed by atoms with E-state index in [1.807, 2.05) is 13.8 Å².